The van der Waals surface area contributed by atoms with E-state index in [0.29, 0.717) is 40.9 Å². The van der Waals surface area contributed by atoms with E-state index in [1.54, 1.807) is 18.2 Å². The number of hydrogen-bond donors (Lipinski definition) is 2. The Bertz CT molecular complexity index is 900. The van der Waals surface area contributed by atoms with Crippen molar-refractivity contribution in [3.8, 4) is 11.5 Å². The summed E-state index contributed by atoms with van der Waals surface area (Å²) in [7, 11) is 0. The van der Waals surface area contributed by atoms with Gasteiger partial charge in [0, 0.05) is 12.5 Å². The maximum Gasteiger partial charge on any atom is 0.262 e. The second-order valence-corrected chi connectivity index (χ2v) is 6.46. The van der Waals surface area contributed by atoms with Crippen LogP contribution in [0.3, 0.4) is 0 Å². The fraction of sp³-hybridized carbons (Fsp3) is 0.200. The van der Waals surface area contributed by atoms with Crippen LogP contribution >= 0.6 is 11.6 Å². The number of halogens is 2. The topological polar surface area (TPSA) is 76.7 Å². The van der Waals surface area contributed by atoms with Crippen LogP contribution in [0.4, 0.5) is 4.39 Å². The molecule has 0 saturated heterocycles. The summed E-state index contributed by atoms with van der Waals surface area (Å²) in [5, 5.41) is 0.395. The lowest BCUT2D eigenvalue weighted by atomic mass is 10.1. The van der Waals surface area contributed by atoms with Gasteiger partial charge < -0.3 is 9.47 Å². The molecule has 1 aliphatic rings. The molecule has 0 bridgehead atoms. The van der Waals surface area contributed by atoms with E-state index in [1.165, 1.54) is 30.3 Å². The van der Waals surface area contributed by atoms with Gasteiger partial charge in [-0.25, -0.2) is 4.39 Å². The van der Waals surface area contributed by atoms with Crippen LogP contribution in [0.15, 0.2) is 42.5 Å². The molecule has 0 spiro atoms. The number of ether oxygens (including phenoxy) is 2. The third kappa shape index (κ3) is 5.47. The van der Waals surface area contributed by atoms with Gasteiger partial charge in [-0.15, -0.1) is 0 Å². The number of hydrogen-bond acceptors (Lipinski definition) is 4. The van der Waals surface area contributed by atoms with Crippen molar-refractivity contribution >= 4 is 29.5 Å². The second kappa shape index (κ2) is 9.23. The quantitative estimate of drug-likeness (QED) is 0.606. The van der Waals surface area contributed by atoms with E-state index in [9.17, 15) is 14.0 Å². The maximum absolute atomic E-state index is 12.9. The zero-order valence-electron chi connectivity index (χ0n) is 14.8. The fourth-order valence-electron chi connectivity index (χ4n) is 2.52. The van der Waals surface area contributed by atoms with Crippen LogP contribution < -0.4 is 20.3 Å². The molecule has 0 saturated carbocycles. The van der Waals surface area contributed by atoms with Crippen molar-refractivity contribution in [2.24, 2.45) is 0 Å². The van der Waals surface area contributed by atoms with Crippen LogP contribution in [0.25, 0.3) is 6.08 Å². The highest BCUT2D eigenvalue weighted by Crippen LogP contribution is 2.38. The van der Waals surface area contributed by atoms with Gasteiger partial charge in [0.25, 0.3) is 5.91 Å². The Morgan fingerprint density at radius 1 is 1.11 bits per heavy atom. The number of fused-ring (bicyclic) bond motifs is 1. The molecule has 2 N–H and O–H groups in total. The molecule has 146 valence electrons. The molecule has 0 aliphatic carbocycles. The molecule has 2 amide bonds. The predicted molar refractivity (Wildman–Crippen MR) is 102 cm³/mol. The Morgan fingerprint density at radius 3 is 2.64 bits per heavy atom. The van der Waals surface area contributed by atoms with Crippen molar-refractivity contribution in [1.82, 2.24) is 10.9 Å². The molecule has 2 aromatic carbocycles. The zero-order chi connectivity index (χ0) is 19.9. The zero-order valence-corrected chi connectivity index (χ0v) is 15.6. The summed E-state index contributed by atoms with van der Waals surface area (Å²) in [6.45, 7) is 1.05. The molecule has 28 heavy (non-hydrogen) atoms. The Hall–Kier alpha value is -3.06. The van der Waals surface area contributed by atoms with Gasteiger partial charge in [0.15, 0.2) is 11.5 Å². The first-order valence-electron chi connectivity index (χ1n) is 8.62. The summed E-state index contributed by atoms with van der Waals surface area (Å²) < 4.78 is 24.0. The molecular formula is C20H18ClFN2O4. The standard InChI is InChI=1S/C20H18ClFN2O4/c21-16-10-14(11-17-20(16)28-9-1-8-27-17)4-7-18(25)23-24-19(26)12-13-2-5-15(22)6-3-13/h2-7,10-11H,1,8-9,12H2,(H,23,25)(H,24,26)/b7-4+. The Labute approximate surface area is 166 Å². The summed E-state index contributed by atoms with van der Waals surface area (Å²) in [5.74, 6) is -0.299. The Balaban J connectivity index is 1.53. The first-order valence-corrected chi connectivity index (χ1v) is 8.99. The van der Waals surface area contributed by atoms with Crippen LogP contribution in [0, 0.1) is 5.82 Å². The van der Waals surface area contributed by atoms with E-state index in [0.717, 1.165) is 6.42 Å². The number of hydrazine groups is 1. The lowest BCUT2D eigenvalue weighted by Crippen LogP contribution is -2.41. The van der Waals surface area contributed by atoms with Crippen molar-refractivity contribution in [3.05, 3.63) is 64.4 Å². The average Bonchev–Trinajstić information content (AvgIpc) is 2.92. The van der Waals surface area contributed by atoms with Crippen molar-refractivity contribution in [2.75, 3.05) is 13.2 Å². The van der Waals surface area contributed by atoms with Crippen LogP contribution in [-0.2, 0) is 16.0 Å². The highest BCUT2D eigenvalue weighted by atomic mass is 35.5. The molecule has 0 fully saturated rings. The van der Waals surface area contributed by atoms with Gasteiger partial charge in [-0.3, -0.25) is 20.4 Å². The number of carbonyl (C=O) groups excluding carboxylic acids is 2. The monoisotopic (exact) mass is 404 g/mol. The van der Waals surface area contributed by atoms with Crippen LogP contribution in [0.2, 0.25) is 5.02 Å². The van der Waals surface area contributed by atoms with E-state index in [2.05, 4.69) is 10.9 Å². The third-order valence-electron chi connectivity index (χ3n) is 3.85. The first-order chi connectivity index (χ1) is 13.5. The van der Waals surface area contributed by atoms with Crippen molar-refractivity contribution in [1.29, 1.82) is 0 Å². The highest BCUT2D eigenvalue weighted by Gasteiger charge is 2.15. The third-order valence-corrected chi connectivity index (χ3v) is 4.14. The smallest absolute Gasteiger partial charge is 0.262 e. The van der Waals surface area contributed by atoms with Gasteiger partial charge in [0.2, 0.25) is 5.91 Å². The van der Waals surface area contributed by atoms with Crippen molar-refractivity contribution in [2.45, 2.75) is 12.8 Å². The molecule has 0 atom stereocenters. The predicted octanol–water partition coefficient (Wildman–Crippen LogP) is 3.04. The molecule has 0 unspecified atom stereocenters. The van der Waals surface area contributed by atoms with Crippen LogP contribution in [-0.4, -0.2) is 25.0 Å². The van der Waals surface area contributed by atoms with E-state index in [4.69, 9.17) is 21.1 Å². The van der Waals surface area contributed by atoms with Crippen LogP contribution in [0.5, 0.6) is 11.5 Å². The molecule has 0 aromatic heterocycles. The minimum absolute atomic E-state index is 0.0159. The molecule has 8 heteroatoms. The van der Waals surface area contributed by atoms with E-state index < -0.39 is 11.8 Å². The molecule has 1 aliphatic heterocycles. The van der Waals surface area contributed by atoms with E-state index >= 15 is 0 Å². The molecular weight excluding hydrogens is 387 g/mol. The SMILES string of the molecule is O=C(/C=C/c1cc(Cl)c2c(c1)OCCCO2)NNC(=O)Cc1ccc(F)cc1. The number of nitrogens with one attached hydrogen (secondary N) is 2. The highest BCUT2D eigenvalue weighted by molar-refractivity contribution is 6.32. The molecule has 2 aromatic rings. The lowest BCUT2D eigenvalue weighted by Gasteiger charge is -2.10. The number of rotatable bonds is 4. The maximum atomic E-state index is 12.9. The summed E-state index contributed by atoms with van der Waals surface area (Å²) in [5.41, 5.74) is 5.86. The number of carbonyl (C=O) groups is 2. The first kappa shape index (κ1) is 19.7. The van der Waals surface area contributed by atoms with Gasteiger partial charge in [0.1, 0.15) is 5.82 Å². The van der Waals surface area contributed by atoms with Crippen molar-refractivity contribution in [3.63, 3.8) is 0 Å². The van der Waals surface area contributed by atoms with Gasteiger partial charge in [-0.1, -0.05) is 23.7 Å². The summed E-state index contributed by atoms with van der Waals surface area (Å²) in [6.07, 6.45) is 3.58. The minimum atomic E-state index is -0.518. The van der Waals surface area contributed by atoms with Gasteiger partial charge in [-0.05, 0) is 41.5 Å². The summed E-state index contributed by atoms with van der Waals surface area (Å²) in [6, 6.07) is 8.93. The molecule has 1 heterocycles. The van der Waals surface area contributed by atoms with Gasteiger partial charge >= 0.3 is 0 Å². The number of amides is 2. The molecule has 6 nitrogen and oxygen atoms in total. The molecule has 0 radical (unpaired) electrons. The van der Waals surface area contributed by atoms with Gasteiger partial charge in [-0.2, -0.15) is 0 Å². The number of benzene rings is 2. The minimum Gasteiger partial charge on any atom is -0.489 e. The Morgan fingerprint density at radius 2 is 1.86 bits per heavy atom. The fourth-order valence-corrected chi connectivity index (χ4v) is 2.80. The Kier molecular flexibility index (Phi) is 6.49. The lowest BCUT2D eigenvalue weighted by molar-refractivity contribution is -0.126. The van der Waals surface area contributed by atoms with Gasteiger partial charge in [0.05, 0.1) is 24.7 Å². The van der Waals surface area contributed by atoms with E-state index in [1.807, 2.05) is 0 Å². The second-order valence-electron chi connectivity index (χ2n) is 6.05. The summed E-state index contributed by atoms with van der Waals surface area (Å²) in [4.78, 5) is 23.7. The van der Waals surface area contributed by atoms with E-state index in [-0.39, 0.29) is 12.2 Å². The van der Waals surface area contributed by atoms with Crippen LogP contribution in [0.1, 0.15) is 17.5 Å². The summed E-state index contributed by atoms with van der Waals surface area (Å²) >= 11 is 6.20. The van der Waals surface area contributed by atoms with Crippen molar-refractivity contribution < 1.29 is 23.5 Å². The average molecular weight is 405 g/mol. The molecule has 3 rings (SSSR count). The normalized spacial score (nSPS) is 13.1. The largest absolute Gasteiger partial charge is 0.489 e.